The molecular formula is C23H25N5OS. The van der Waals surface area contributed by atoms with Crippen LogP contribution in [0.25, 0.3) is 16.0 Å². The van der Waals surface area contributed by atoms with Crippen molar-refractivity contribution >= 4 is 28.1 Å². The molecule has 30 heavy (non-hydrogen) atoms. The van der Waals surface area contributed by atoms with E-state index in [0.717, 1.165) is 48.2 Å². The Morgan fingerprint density at radius 1 is 1.23 bits per heavy atom. The van der Waals surface area contributed by atoms with Crippen molar-refractivity contribution in [2.45, 2.75) is 26.2 Å². The minimum Gasteiger partial charge on any atom is -0.370 e. The third-order valence-corrected chi connectivity index (χ3v) is 5.98. The van der Waals surface area contributed by atoms with Crippen molar-refractivity contribution in [3.05, 3.63) is 77.7 Å². The van der Waals surface area contributed by atoms with Gasteiger partial charge in [0.05, 0.1) is 23.1 Å². The summed E-state index contributed by atoms with van der Waals surface area (Å²) in [5.41, 5.74) is 3.12. The number of piperidine rings is 1. The van der Waals surface area contributed by atoms with Gasteiger partial charge in [-0.15, -0.1) is 11.3 Å². The minimum atomic E-state index is -0.228. The van der Waals surface area contributed by atoms with Gasteiger partial charge in [0, 0.05) is 23.9 Å². The molecule has 1 aliphatic heterocycles. The van der Waals surface area contributed by atoms with Crippen LogP contribution in [0.3, 0.4) is 0 Å². The highest BCUT2D eigenvalue weighted by Gasteiger charge is 2.20. The highest BCUT2D eigenvalue weighted by molar-refractivity contribution is 7.12. The molecule has 0 aliphatic carbocycles. The Kier molecular flexibility index (Phi) is 6.09. The zero-order valence-corrected chi connectivity index (χ0v) is 17.9. The summed E-state index contributed by atoms with van der Waals surface area (Å²) in [5.74, 6) is -0.228. The number of nitrogens with zero attached hydrogens (tertiary/aromatic N) is 4. The number of thiazole rings is 1. The summed E-state index contributed by atoms with van der Waals surface area (Å²) < 4.78 is 1.77. The van der Waals surface area contributed by atoms with Gasteiger partial charge < -0.3 is 10.2 Å². The Hall–Kier alpha value is -3.19. The van der Waals surface area contributed by atoms with Crippen LogP contribution >= 0.6 is 11.3 Å². The molecule has 1 aliphatic rings. The van der Waals surface area contributed by atoms with Crippen molar-refractivity contribution in [1.82, 2.24) is 25.0 Å². The van der Waals surface area contributed by atoms with E-state index in [9.17, 15) is 4.79 Å². The van der Waals surface area contributed by atoms with E-state index in [0.29, 0.717) is 10.8 Å². The van der Waals surface area contributed by atoms with E-state index in [1.165, 1.54) is 17.8 Å². The van der Waals surface area contributed by atoms with Crippen LogP contribution in [0.15, 0.2) is 72.0 Å². The third-order valence-electron chi connectivity index (χ3n) is 5.17. The Morgan fingerprint density at radius 3 is 2.80 bits per heavy atom. The molecule has 6 nitrogen and oxygen atoms in total. The van der Waals surface area contributed by atoms with Gasteiger partial charge in [0.15, 0.2) is 0 Å². The SMILES string of the molecule is C=C/C=C(\C(=C/C)NC(=O)c1csc(-n2ncc3ccccc32)n1)N1CCCCC1. The van der Waals surface area contributed by atoms with Gasteiger partial charge in [-0.05, 0) is 38.3 Å². The lowest BCUT2D eigenvalue weighted by molar-refractivity contribution is 0.0960. The second-order valence-corrected chi connectivity index (χ2v) is 7.96. The number of nitrogens with one attached hydrogen (secondary N) is 1. The van der Waals surface area contributed by atoms with Crippen molar-refractivity contribution in [2.24, 2.45) is 0 Å². The van der Waals surface area contributed by atoms with Crippen molar-refractivity contribution < 1.29 is 4.79 Å². The summed E-state index contributed by atoms with van der Waals surface area (Å²) in [6.45, 7) is 7.74. The fourth-order valence-electron chi connectivity index (χ4n) is 3.67. The Bertz CT molecular complexity index is 1120. The maximum absolute atomic E-state index is 12.9. The predicted octanol–water partition coefficient (Wildman–Crippen LogP) is 4.67. The lowest BCUT2D eigenvalue weighted by Gasteiger charge is -2.32. The number of carbonyl (C=O) groups is 1. The molecule has 2 aromatic heterocycles. The first-order valence-electron chi connectivity index (χ1n) is 10.2. The number of aromatic nitrogens is 3. The van der Waals surface area contributed by atoms with Crippen LogP contribution in [0.5, 0.6) is 0 Å². The van der Waals surface area contributed by atoms with Gasteiger partial charge in [-0.25, -0.2) is 9.67 Å². The standard InChI is InChI=1S/C23H25N5OS/c1-3-10-21(27-13-8-5-9-14-27)18(4-2)25-22(29)19-16-30-23(26-19)28-20-12-7-6-11-17(20)15-24-28/h3-4,6-7,10-12,15-16H,1,5,8-9,13-14H2,2H3,(H,25,29)/b18-4+,21-10+. The van der Waals surface area contributed by atoms with E-state index < -0.39 is 0 Å². The number of para-hydroxylation sites is 1. The minimum absolute atomic E-state index is 0.228. The van der Waals surface area contributed by atoms with Gasteiger partial charge in [0.25, 0.3) is 5.91 Å². The molecule has 1 fully saturated rings. The van der Waals surface area contributed by atoms with E-state index in [-0.39, 0.29) is 5.91 Å². The molecule has 1 aromatic carbocycles. The third kappa shape index (κ3) is 4.07. The maximum Gasteiger partial charge on any atom is 0.275 e. The smallest absolute Gasteiger partial charge is 0.275 e. The van der Waals surface area contributed by atoms with Crippen molar-refractivity contribution in [3.8, 4) is 5.13 Å². The number of fused-ring (bicyclic) bond motifs is 1. The zero-order chi connectivity index (χ0) is 20.9. The van der Waals surface area contributed by atoms with Gasteiger partial charge in [0.1, 0.15) is 5.69 Å². The molecule has 0 atom stereocenters. The molecule has 1 N–H and O–H groups in total. The average molecular weight is 420 g/mol. The summed E-state index contributed by atoms with van der Waals surface area (Å²) in [6.07, 6.45) is 11.0. The molecule has 0 radical (unpaired) electrons. The Balaban J connectivity index is 1.54. The number of allylic oxidation sites excluding steroid dienone is 3. The largest absolute Gasteiger partial charge is 0.370 e. The quantitative estimate of drug-likeness (QED) is 0.590. The fourth-order valence-corrected chi connectivity index (χ4v) is 4.45. The van der Waals surface area contributed by atoms with E-state index in [2.05, 4.69) is 26.9 Å². The number of likely N-dealkylation sites (tertiary alicyclic amines) is 1. The van der Waals surface area contributed by atoms with Crippen molar-refractivity contribution in [1.29, 1.82) is 0 Å². The zero-order valence-electron chi connectivity index (χ0n) is 17.0. The Morgan fingerprint density at radius 2 is 2.03 bits per heavy atom. The topological polar surface area (TPSA) is 63.1 Å². The van der Waals surface area contributed by atoms with Crippen molar-refractivity contribution in [2.75, 3.05) is 13.1 Å². The molecule has 7 heteroatoms. The Labute approximate surface area is 180 Å². The lowest BCUT2D eigenvalue weighted by Crippen LogP contribution is -2.34. The molecule has 3 aromatic rings. The molecular weight excluding hydrogens is 394 g/mol. The van der Waals surface area contributed by atoms with Gasteiger partial charge >= 0.3 is 0 Å². The number of amides is 1. The number of carbonyl (C=O) groups excluding carboxylic acids is 1. The molecule has 0 bridgehead atoms. The van der Waals surface area contributed by atoms with Crippen LogP contribution in [0.2, 0.25) is 0 Å². The molecule has 1 amide bonds. The number of rotatable bonds is 6. The number of benzene rings is 1. The summed E-state index contributed by atoms with van der Waals surface area (Å²) in [5, 5.41) is 10.9. The normalized spacial score (nSPS) is 15.4. The van der Waals surface area contributed by atoms with Crippen LogP contribution in [-0.4, -0.2) is 38.7 Å². The van der Waals surface area contributed by atoms with Crippen molar-refractivity contribution in [3.63, 3.8) is 0 Å². The fraction of sp³-hybridized carbons (Fsp3) is 0.261. The van der Waals surface area contributed by atoms with Crippen LogP contribution < -0.4 is 5.32 Å². The van der Waals surface area contributed by atoms with Crippen LogP contribution in [0.1, 0.15) is 36.7 Å². The highest BCUT2D eigenvalue weighted by atomic mass is 32.1. The first-order chi connectivity index (χ1) is 14.7. The summed E-state index contributed by atoms with van der Waals surface area (Å²) in [6, 6.07) is 7.94. The monoisotopic (exact) mass is 419 g/mol. The summed E-state index contributed by atoms with van der Waals surface area (Å²) in [4.78, 5) is 19.8. The van der Waals surface area contributed by atoms with E-state index in [4.69, 9.17) is 0 Å². The maximum atomic E-state index is 12.9. The number of hydrogen-bond donors (Lipinski definition) is 1. The van der Waals surface area contributed by atoms with E-state index in [1.807, 2.05) is 43.3 Å². The van der Waals surface area contributed by atoms with Gasteiger partial charge in [-0.2, -0.15) is 5.10 Å². The van der Waals surface area contributed by atoms with Crippen LogP contribution in [0.4, 0.5) is 0 Å². The lowest BCUT2D eigenvalue weighted by atomic mass is 10.1. The molecule has 1 saturated heterocycles. The van der Waals surface area contributed by atoms with Gasteiger partial charge in [-0.3, -0.25) is 4.79 Å². The number of hydrogen-bond acceptors (Lipinski definition) is 5. The molecule has 0 saturated carbocycles. The predicted molar refractivity (Wildman–Crippen MR) is 122 cm³/mol. The molecule has 0 spiro atoms. The second kappa shape index (κ2) is 9.09. The molecule has 154 valence electrons. The molecule has 3 heterocycles. The van der Waals surface area contributed by atoms with E-state index in [1.54, 1.807) is 22.3 Å². The first kappa shape index (κ1) is 20.1. The van der Waals surface area contributed by atoms with Crippen LogP contribution in [0, 0.1) is 0 Å². The first-order valence-corrected chi connectivity index (χ1v) is 11.0. The summed E-state index contributed by atoms with van der Waals surface area (Å²) in [7, 11) is 0. The van der Waals surface area contributed by atoms with Crippen LogP contribution in [-0.2, 0) is 0 Å². The second-order valence-electron chi connectivity index (χ2n) is 7.12. The van der Waals surface area contributed by atoms with Gasteiger partial charge in [-0.1, -0.05) is 36.9 Å². The highest BCUT2D eigenvalue weighted by Crippen LogP contribution is 2.23. The average Bonchev–Trinajstić information content (AvgIpc) is 3.43. The van der Waals surface area contributed by atoms with E-state index >= 15 is 0 Å². The summed E-state index contributed by atoms with van der Waals surface area (Å²) >= 11 is 1.40. The molecule has 0 unspecified atom stereocenters. The molecule has 4 rings (SSSR count). The van der Waals surface area contributed by atoms with Gasteiger partial charge in [0.2, 0.25) is 5.13 Å².